The fourth-order valence-electron chi connectivity index (χ4n) is 4.49. The first-order chi connectivity index (χ1) is 13.4. The van der Waals surface area contributed by atoms with Crippen molar-refractivity contribution in [3.05, 3.63) is 30.3 Å². The monoisotopic (exact) mass is 386 g/mol. The third-order valence-electron chi connectivity index (χ3n) is 5.96. The molecule has 2 heterocycles. The summed E-state index contributed by atoms with van der Waals surface area (Å²) < 4.78 is 0. The molecule has 0 spiro atoms. The maximum atomic E-state index is 12.8. The van der Waals surface area contributed by atoms with Crippen LogP contribution in [-0.4, -0.2) is 53.3 Å². The molecule has 3 rings (SSSR count). The van der Waals surface area contributed by atoms with Gasteiger partial charge in [-0.3, -0.25) is 9.59 Å². The number of hydrogen-bond acceptors (Lipinski definition) is 3. The number of anilines is 1. The van der Waals surface area contributed by atoms with Crippen molar-refractivity contribution in [2.45, 2.75) is 39.2 Å². The molecule has 2 aliphatic rings. The molecule has 0 unspecified atom stereocenters. The molecule has 0 radical (unpaired) electrons. The van der Waals surface area contributed by atoms with Crippen LogP contribution in [0.15, 0.2) is 30.3 Å². The van der Waals surface area contributed by atoms with E-state index in [-0.39, 0.29) is 29.7 Å². The Bertz CT molecular complexity index is 722. The summed E-state index contributed by atoms with van der Waals surface area (Å²) in [5.41, 5.74) is 6.35. The van der Waals surface area contributed by atoms with Crippen molar-refractivity contribution in [1.82, 2.24) is 9.80 Å². The molecule has 0 bridgehead atoms. The molecule has 0 aromatic heterocycles. The van der Waals surface area contributed by atoms with Gasteiger partial charge in [0.25, 0.3) is 0 Å². The van der Waals surface area contributed by atoms with Crippen LogP contribution >= 0.6 is 0 Å². The topological polar surface area (TPSA) is 95.7 Å². The average Bonchev–Trinajstić information content (AvgIpc) is 2.80. The molecule has 28 heavy (non-hydrogen) atoms. The molecule has 7 nitrogen and oxygen atoms in total. The Morgan fingerprint density at radius 3 is 2.43 bits per heavy atom. The van der Waals surface area contributed by atoms with Gasteiger partial charge in [-0.1, -0.05) is 32.0 Å². The van der Waals surface area contributed by atoms with Gasteiger partial charge in [-0.25, -0.2) is 4.79 Å². The lowest BCUT2D eigenvalue weighted by Gasteiger charge is -2.37. The first kappa shape index (κ1) is 20.2. The normalized spacial score (nSPS) is 23.8. The lowest BCUT2D eigenvalue weighted by Crippen LogP contribution is -2.50. The number of nitrogens with two attached hydrogens (primary N) is 1. The number of rotatable bonds is 4. The number of fused-ring (bicyclic) bond motifs is 1. The highest BCUT2D eigenvalue weighted by Gasteiger charge is 2.39. The zero-order chi connectivity index (χ0) is 20.3. The predicted octanol–water partition coefficient (Wildman–Crippen LogP) is 2.29. The Balaban J connectivity index is 1.65. The van der Waals surface area contributed by atoms with E-state index in [1.807, 2.05) is 49.1 Å². The van der Waals surface area contributed by atoms with Crippen LogP contribution in [0.3, 0.4) is 0 Å². The van der Waals surface area contributed by atoms with E-state index in [1.54, 1.807) is 4.90 Å². The Hall–Kier alpha value is -2.57. The number of piperidine rings is 1. The van der Waals surface area contributed by atoms with Gasteiger partial charge >= 0.3 is 6.03 Å². The number of likely N-dealkylation sites (tertiary alicyclic amines) is 2. The van der Waals surface area contributed by atoms with Gasteiger partial charge in [-0.05, 0) is 42.7 Å². The van der Waals surface area contributed by atoms with E-state index in [0.717, 1.165) is 18.5 Å². The standard InChI is InChI=1S/C21H30N4O3/c1-14(2)19(20(22)27)25-11-9-16-13-24(10-8-15(16)12-18(25)26)21(28)23-17-6-4-3-5-7-17/h3-7,14-16,19H,8-13H2,1-2H3,(H2,22,27)(H,23,28)/t15-,16-,19-/m0/s1. The summed E-state index contributed by atoms with van der Waals surface area (Å²) in [7, 11) is 0. The zero-order valence-corrected chi connectivity index (χ0v) is 16.6. The molecular formula is C21H30N4O3. The van der Waals surface area contributed by atoms with Crippen molar-refractivity contribution >= 4 is 23.5 Å². The number of carbonyl (C=O) groups excluding carboxylic acids is 3. The van der Waals surface area contributed by atoms with E-state index in [1.165, 1.54) is 0 Å². The Morgan fingerprint density at radius 2 is 1.79 bits per heavy atom. The molecular weight excluding hydrogens is 356 g/mol. The van der Waals surface area contributed by atoms with Crippen LogP contribution in [0.1, 0.15) is 33.1 Å². The van der Waals surface area contributed by atoms with Crippen molar-refractivity contribution in [3.63, 3.8) is 0 Å². The third kappa shape index (κ3) is 4.46. The summed E-state index contributed by atoms with van der Waals surface area (Å²) in [4.78, 5) is 40.8. The van der Waals surface area contributed by atoms with E-state index in [0.29, 0.717) is 26.1 Å². The number of primary amides is 1. The highest BCUT2D eigenvalue weighted by Crippen LogP contribution is 2.33. The van der Waals surface area contributed by atoms with E-state index >= 15 is 0 Å². The number of amides is 4. The van der Waals surface area contributed by atoms with Crippen molar-refractivity contribution in [2.75, 3.05) is 25.0 Å². The molecule has 2 saturated heterocycles. The molecule has 2 fully saturated rings. The largest absolute Gasteiger partial charge is 0.368 e. The molecule has 1 aromatic rings. The SMILES string of the molecule is CC(C)[C@@H](C(N)=O)N1CC[C@H]2CN(C(=O)Nc3ccccc3)CC[C@H]2CC1=O. The molecule has 3 atom stereocenters. The summed E-state index contributed by atoms with van der Waals surface area (Å²) in [5.74, 6) is 0.0443. The average molecular weight is 386 g/mol. The number of nitrogens with zero attached hydrogens (tertiary/aromatic N) is 2. The van der Waals surface area contributed by atoms with Gasteiger partial charge in [0.05, 0.1) is 0 Å². The lowest BCUT2D eigenvalue weighted by molar-refractivity contribution is -0.141. The molecule has 152 valence electrons. The molecule has 7 heteroatoms. The second-order valence-electron chi connectivity index (χ2n) is 8.22. The quantitative estimate of drug-likeness (QED) is 0.831. The van der Waals surface area contributed by atoms with Crippen LogP contribution in [0, 0.1) is 17.8 Å². The van der Waals surface area contributed by atoms with Gasteiger partial charge in [0, 0.05) is 31.7 Å². The number of benzene rings is 1. The van der Waals surface area contributed by atoms with Crippen LogP contribution in [0.4, 0.5) is 10.5 Å². The van der Waals surface area contributed by atoms with Crippen molar-refractivity contribution < 1.29 is 14.4 Å². The molecule has 3 N–H and O–H groups in total. The molecule has 0 aliphatic carbocycles. The van der Waals surface area contributed by atoms with E-state index in [2.05, 4.69) is 5.32 Å². The fourth-order valence-corrected chi connectivity index (χ4v) is 4.49. The van der Waals surface area contributed by atoms with Gasteiger partial charge in [-0.15, -0.1) is 0 Å². The van der Waals surface area contributed by atoms with Crippen LogP contribution in [-0.2, 0) is 9.59 Å². The number of para-hydroxylation sites is 1. The van der Waals surface area contributed by atoms with Gasteiger partial charge in [0.1, 0.15) is 6.04 Å². The minimum atomic E-state index is -0.565. The van der Waals surface area contributed by atoms with Crippen molar-refractivity contribution in [3.8, 4) is 0 Å². The smallest absolute Gasteiger partial charge is 0.321 e. The number of nitrogens with one attached hydrogen (secondary N) is 1. The lowest BCUT2D eigenvalue weighted by atomic mass is 9.82. The minimum absolute atomic E-state index is 0.00665. The molecule has 4 amide bonds. The van der Waals surface area contributed by atoms with E-state index < -0.39 is 11.9 Å². The highest BCUT2D eigenvalue weighted by molar-refractivity contribution is 5.89. The summed E-state index contributed by atoms with van der Waals surface area (Å²) in [5, 5.41) is 2.94. The summed E-state index contributed by atoms with van der Waals surface area (Å²) >= 11 is 0. The fraction of sp³-hybridized carbons (Fsp3) is 0.571. The van der Waals surface area contributed by atoms with Crippen LogP contribution < -0.4 is 11.1 Å². The van der Waals surface area contributed by atoms with Gasteiger partial charge in [0.2, 0.25) is 11.8 Å². The second kappa shape index (κ2) is 8.63. The molecule has 1 aromatic carbocycles. The van der Waals surface area contributed by atoms with Crippen molar-refractivity contribution in [2.24, 2.45) is 23.5 Å². The maximum absolute atomic E-state index is 12.8. The second-order valence-corrected chi connectivity index (χ2v) is 8.22. The number of urea groups is 1. The third-order valence-corrected chi connectivity index (χ3v) is 5.96. The summed E-state index contributed by atoms with van der Waals surface area (Å²) in [6.45, 7) is 5.61. The maximum Gasteiger partial charge on any atom is 0.321 e. The highest BCUT2D eigenvalue weighted by atomic mass is 16.2. The first-order valence-corrected chi connectivity index (χ1v) is 10.1. The predicted molar refractivity (Wildman–Crippen MR) is 107 cm³/mol. The first-order valence-electron chi connectivity index (χ1n) is 10.1. The van der Waals surface area contributed by atoms with E-state index in [9.17, 15) is 14.4 Å². The Morgan fingerprint density at radius 1 is 1.11 bits per heavy atom. The number of hydrogen-bond donors (Lipinski definition) is 2. The van der Waals surface area contributed by atoms with Crippen LogP contribution in [0.2, 0.25) is 0 Å². The van der Waals surface area contributed by atoms with Crippen molar-refractivity contribution in [1.29, 1.82) is 0 Å². The molecule has 2 aliphatic heterocycles. The van der Waals surface area contributed by atoms with Crippen LogP contribution in [0.5, 0.6) is 0 Å². The number of carbonyl (C=O) groups is 3. The Labute approximate surface area is 166 Å². The zero-order valence-electron chi connectivity index (χ0n) is 16.6. The van der Waals surface area contributed by atoms with Gasteiger partial charge in [-0.2, -0.15) is 0 Å². The minimum Gasteiger partial charge on any atom is -0.368 e. The summed E-state index contributed by atoms with van der Waals surface area (Å²) in [6.07, 6.45) is 2.01. The van der Waals surface area contributed by atoms with Gasteiger partial charge in [0.15, 0.2) is 0 Å². The Kier molecular flexibility index (Phi) is 6.21. The van der Waals surface area contributed by atoms with Gasteiger partial charge < -0.3 is 20.9 Å². The summed E-state index contributed by atoms with van der Waals surface area (Å²) in [6, 6.07) is 8.74. The molecule has 0 saturated carbocycles. The van der Waals surface area contributed by atoms with E-state index in [4.69, 9.17) is 5.73 Å². The van der Waals surface area contributed by atoms with Crippen LogP contribution in [0.25, 0.3) is 0 Å².